The van der Waals surface area contributed by atoms with E-state index in [-0.39, 0.29) is 5.91 Å². The summed E-state index contributed by atoms with van der Waals surface area (Å²) in [5.74, 6) is 1.41. The van der Waals surface area contributed by atoms with Crippen LogP contribution in [0.3, 0.4) is 0 Å². The van der Waals surface area contributed by atoms with Gasteiger partial charge in [-0.1, -0.05) is 38.1 Å². The Hall–Kier alpha value is -1.90. The Morgan fingerprint density at radius 2 is 2.14 bits per heavy atom. The summed E-state index contributed by atoms with van der Waals surface area (Å²) in [5, 5.41) is 2.04. The molecule has 0 N–H and O–H groups in total. The number of rotatable bonds is 3. The van der Waals surface area contributed by atoms with Crippen molar-refractivity contribution in [2.24, 2.45) is 11.8 Å². The Bertz CT molecular complexity index is 660. The largest absolute Gasteiger partial charge is 0.337 e. The van der Waals surface area contributed by atoms with Gasteiger partial charge in [0.05, 0.1) is 0 Å². The molecular formula is C19H24N2O. The van der Waals surface area contributed by atoms with Crippen LogP contribution in [0.5, 0.6) is 0 Å². The average molecular weight is 296 g/mol. The molecular weight excluding hydrogens is 272 g/mol. The van der Waals surface area contributed by atoms with E-state index >= 15 is 0 Å². The first kappa shape index (κ1) is 15.0. The Morgan fingerprint density at radius 1 is 1.32 bits per heavy atom. The fourth-order valence-electron chi connectivity index (χ4n) is 3.55. The van der Waals surface area contributed by atoms with Gasteiger partial charge in [0, 0.05) is 24.7 Å². The molecule has 0 bridgehead atoms. The topological polar surface area (TPSA) is 33.2 Å². The van der Waals surface area contributed by atoms with Gasteiger partial charge < -0.3 is 4.90 Å². The van der Waals surface area contributed by atoms with Gasteiger partial charge in [0.15, 0.2) is 0 Å². The molecule has 1 atom stereocenters. The third-order valence-corrected chi connectivity index (χ3v) is 4.49. The molecule has 1 aromatic carbocycles. The lowest BCUT2D eigenvalue weighted by molar-refractivity contribution is 0.0656. The van der Waals surface area contributed by atoms with Gasteiger partial charge in [-0.25, -0.2) is 0 Å². The molecule has 3 heteroatoms. The first-order valence-corrected chi connectivity index (χ1v) is 8.28. The predicted molar refractivity (Wildman–Crippen MR) is 89.8 cm³/mol. The van der Waals surface area contributed by atoms with Gasteiger partial charge in [-0.2, -0.15) is 0 Å². The highest BCUT2D eigenvalue weighted by molar-refractivity contribution is 6.05. The van der Waals surface area contributed by atoms with E-state index < -0.39 is 0 Å². The number of amides is 1. The van der Waals surface area contributed by atoms with Gasteiger partial charge in [0.25, 0.3) is 5.91 Å². The number of piperidine rings is 1. The lowest BCUT2D eigenvalue weighted by atomic mass is 9.89. The summed E-state index contributed by atoms with van der Waals surface area (Å²) >= 11 is 0. The van der Waals surface area contributed by atoms with Gasteiger partial charge in [-0.15, -0.1) is 0 Å². The summed E-state index contributed by atoms with van der Waals surface area (Å²) in [6, 6.07) is 9.95. The minimum atomic E-state index is 0.0882. The van der Waals surface area contributed by atoms with Crippen LogP contribution in [0.25, 0.3) is 10.8 Å². The fourth-order valence-corrected chi connectivity index (χ4v) is 3.55. The van der Waals surface area contributed by atoms with Crippen molar-refractivity contribution in [2.75, 3.05) is 13.1 Å². The van der Waals surface area contributed by atoms with Crippen LogP contribution in [0.4, 0.5) is 0 Å². The number of pyridine rings is 1. The van der Waals surface area contributed by atoms with Crippen LogP contribution in [0.2, 0.25) is 0 Å². The van der Waals surface area contributed by atoms with Crippen molar-refractivity contribution in [1.82, 2.24) is 9.88 Å². The normalized spacial score (nSPS) is 18.9. The van der Waals surface area contributed by atoms with Crippen molar-refractivity contribution in [3.8, 4) is 0 Å². The van der Waals surface area contributed by atoms with Gasteiger partial charge >= 0.3 is 0 Å². The Labute approximate surface area is 132 Å². The minimum absolute atomic E-state index is 0.0882. The summed E-state index contributed by atoms with van der Waals surface area (Å²) < 4.78 is 0. The smallest absolute Gasteiger partial charge is 0.273 e. The number of aromatic nitrogens is 1. The van der Waals surface area contributed by atoms with Crippen LogP contribution >= 0.6 is 0 Å². The zero-order chi connectivity index (χ0) is 15.5. The van der Waals surface area contributed by atoms with Crippen LogP contribution in [-0.2, 0) is 0 Å². The molecule has 0 radical (unpaired) electrons. The number of nitrogens with zero attached hydrogens (tertiary/aromatic N) is 2. The van der Waals surface area contributed by atoms with E-state index in [4.69, 9.17) is 0 Å². The van der Waals surface area contributed by atoms with E-state index in [9.17, 15) is 4.79 Å². The van der Waals surface area contributed by atoms with Crippen LogP contribution in [0.15, 0.2) is 36.5 Å². The third kappa shape index (κ3) is 3.13. The number of hydrogen-bond acceptors (Lipinski definition) is 2. The number of carbonyl (C=O) groups is 1. The summed E-state index contributed by atoms with van der Waals surface area (Å²) in [7, 11) is 0. The van der Waals surface area contributed by atoms with Crippen molar-refractivity contribution in [1.29, 1.82) is 0 Å². The van der Waals surface area contributed by atoms with Crippen LogP contribution < -0.4 is 0 Å². The molecule has 0 saturated carbocycles. The molecule has 0 aliphatic carbocycles. The maximum absolute atomic E-state index is 12.9. The molecule has 3 rings (SSSR count). The second-order valence-corrected chi connectivity index (χ2v) is 6.77. The molecule has 1 saturated heterocycles. The lowest BCUT2D eigenvalue weighted by Gasteiger charge is -2.33. The zero-order valence-corrected chi connectivity index (χ0v) is 13.5. The molecule has 1 amide bonds. The first-order chi connectivity index (χ1) is 10.6. The summed E-state index contributed by atoms with van der Waals surface area (Å²) in [6.07, 6.45) is 5.29. The second-order valence-electron chi connectivity index (χ2n) is 6.77. The number of likely N-dealkylation sites (tertiary alicyclic amines) is 1. The van der Waals surface area contributed by atoms with E-state index in [0.29, 0.717) is 17.5 Å². The molecule has 2 aromatic rings. The standard InChI is InChI=1S/C19H24N2O/c1-14(2)12-15-6-5-11-21(13-15)19(22)18-17-8-4-3-7-16(17)9-10-20-18/h3-4,7-10,14-15H,5-6,11-13H2,1-2H3. The highest BCUT2D eigenvalue weighted by atomic mass is 16.2. The quantitative estimate of drug-likeness (QED) is 0.853. The first-order valence-electron chi connectivity index (χ1n) is 8.28. The highest BCUT2D eigenvalue weighted by Gasteiger charge is 2.26. The highest BCUT2D eigenvalue weighted by Crippen LogP contribution is 2.25. The molecule has 3 nitrogen and oxygen atoms in total. The van der Waals surface area contributed by atoms with E-state index in [0.717, 1.165) is 30.3 Å². The van der Waals surface area contributed by atoms with Crippen molar-refractivity contribution in [3.63, 3.8) is 0 Å². The van der Waals surface area contributed by atoms with Gasteiger partial charge in [-0.05, 0) is 42.6 Å². The van der Waals surface area contributed by atoms with Crippen molar-refractivity contribution in [3.05, 3.63) is 42.2 Å². The van der Waals surface area contributed by atoms with Crippen LogP contribution in [-0.4, -0.2) is 28.9 Å². The molecule has 1 unspecified atom stereocenters. The number of hydrogen-bond donors (Lipinski definition) is 0. The Morgan fingerprint density at radius 3 is 2.95 bits per heavy atom. The zero-order valence-electron chi connectivity index (χ0n) is 13.5. The molecule has 1 aromatic heterocycles. The predicted octanol–water partition coefficient (Wildman–Crippen LogP) is 4.13. The van der Waals surface area contributed by atoms with Gasteiger partial charge in [0.1, 0.15) is 5.69 Å². The third-order valence-electron chi connectivity index (χ3n) is 4.49. The number of benzene rings is 1. The number of fused-ring (bicyclic) bond motifs is 1. The molecule has 2 heterocycles. The van der Waals surface area contributed by atoms with Crippen LogP contribution in [0.1, 0.15) is 43.6 Å². The SMILES string of the molecule is CC(C)CC1CCCN(C(=O)c2nccc3ccccc23)C1. The van der Waals surface area contributed by atoms with Crippen molar-refractivity contribution >= 4 is 16.7 Å². The van der Waals surface area contributed by atoms with Crippen molar-refractivity contribution in [2.45, 2.75) is 33.1 Å². The van der Waals surface area contributed by atoms with Crippen LogP contribution in [0, 0.1) is 11.8 Å². The molecule has 1 aliphatic heterocycles. The molecule has 1 aliphatic rings. The second kappa shape index (κ2) is 6.47. The molecule has 1 fully saturated rings. The summed E-state index contributed by atoms with van der Waals surface area (Å²) in [5.41, 5.74) is 0.600. The fraction of sp³-hybridized carbons (Fsp3) is 0.474. The van der Waals surface area contributed by atoms with E-state index in [1.54, 1.807) is 6.20 Å². The monoisotopic (exact) mass is 296 g/mol. The van der Waals surface area contributed by atoms with E-state index in [1.165, 1.54) is 12.8 Å². The minimum Gasteiger partial charge on any atom is -0.337 e. The Balaban J connectivity index is 1.83. The lowest BCUT2D eigenvalue weighted by Crippen LogP contribution is -2.40. The van der Waals surface area contributed by atoms with Crippen molar-refractivity contribution < 1.29 is 4.79 Å². The molecule has 0 spiro atoms. The van der Waals surface area contributed by atoms with Gasteiger partial charge in [-0.3, -0.25) is 9.78 Å². The maximum Gasteiger partial charge on any atom is 0.273 e. The molecule has 22 heavy (non-hydrogen) atoms. The Kier molecular flexibility index (Phi) is 4.41. The number of carbonyl (C=O) groups excluding carboxylic acids is 1. The average Bonchev–Trinajstić information content (AvgIpc) is 2.53. The molecule has 116 valence electrons. The van der Waals surface area contributed by atoms with Gasteiger partial charge in [0.2, 0.25) is 0 Å². The summed E-state index contributed by atoms with van der Waals surface area (Å²) in [6.45, 7) is 6.25. The van der Waals surface area contributed by atoms with E-state index in [2.05, 4.69) is 18.8 Å². The summed E-state index contributed by atoms with van der Waals surface area (Å²) in [4.78, 5) is 19.3. The maximum atomic E-state index is 12.9. The van der Waals surface area contributed by atoms with E-state index in [1.807, 2.05) is 35.2 Å².